The summed E-state index contributed by atoms with van der Waals surface area (Å²) in [5.74, 6) is 2.40. The van der Waals surface area contributed by atoms with Crippen molar-refractivity contribution < 1.29 is 9.47 Å². The number of benzene rings is 1. The molecule has 2 aromatic heterocycles. The maximum absolute atomic E-state index is 5.52. The van der Waals surface area contributed by atoms with Gasteiger partial charge in [0.2, 0.25) is 0 Å². The Kier molecular flexibility index (Phi) is 6.42. The first kappa shape index (κ1) is 21.2. The van der Waals surface area contributed by atoms with Gasteiger partial charge in [0.25, 0.3) is 0 Å². The van der Waals surface area contributed by atoms with E-state index < -0.39 is 0 Å². The molecule has 1 aliphatic heterocycles. The second-order valence-corrected chi connectivity index (χ2v) is 8.11. The minimum Gasteiger partial charge on any atom is -0.493 e. The minimum absolute atomic E-state index is 0.671. The predicted molar refractivity (Wildman–Crippen MR) is 127 cm³/mol. The number of anilines is 2. The van der Waals surface area contributed by atoms with Gasteiger partial charge in [0.15, 0.2) is 11.5 Å². The molecule has 3 aromatic rings. The first-order chi connectivity index (χ1) is 15.1. The molecule has 0 atom stereocenters. The van der Waals surface area contributed by atoms with E-state index in [0.717, 1.165) is 66.3 Å². The van der Waals surface area contributed by atoms with Crippen LogP contribution in [0.3, 0.4) is 0 Å². The maximum Gasteiger partial charge on any atom is 0.162 e. The van der Waals surface area contributed by atoms with Gasteiger partial charge >= 0.3 is 0 Å². The van der Waals surface area contributed by atoms with Crippen molar-refractivity contribution in [1.29, 1.82) is 0 Å². The standard InChI is InChI=1S/C24H31N5O2/c1-28(2)10-5-9-25-20-14-19(17-7-8-24(26-16-17)29-11-6-12-29)27-21-15-23(31-4)22(30-3)13-18(20)21/h7-8,13-16H,5-6,9-12H2,1-4H3,(H,25,27). The van der Waals surface area contributed by atoms with Crippen LogP contribution in [0.25, 0.3) is 22.2 Å². The van der Waals surface area contributed by atoms with Gasteiger partial charge in [0, 0.05) is 48.5 Å². The molecule has 0 unspecified atom stereocenters. The number of rotatable bonds is 9. The first-order valence-corrected chi connectivity index (χ1v) is 10.8. The lowest BCUT2D eigenvalue weighted by Crippen LogP contribution is -2.37. The maximum atomic E-state index is 5.52. The van der Waals surface area contributed by atoms with Gasteiger partial charge in [0.05, 0.1) is 25.4 Å². The van der Waals surface area contributed by atoms with Crippen LogP contribution >= 0.6 is 0 Å². The van der Waals surface area contributed by atoms with Gasteiger partial charge in [-0.1, -0.05) is 0 Å². The molecule has 7 nitrogen and oxygen atoms in total. The summed E-state index contributed by atoms with van der Waals surface area (Å²) < 4.78 is 11.0. The summed E-state index contributed by atoms with van der Waals surface area (Å²) in [7, 11) is 7.48. The lowest BCUT2D eigenvalue weighted by molar-refractivity contribution is 0.356. The van der Waals surface area contributed by atoms with E-state index in [4.69, 9.17) is 14.5 Å². The van der Waals surface area contributed by atoms with Crippen LogP contribution in [0.5, 0.6) is 11.5 Å². The number of hydrogen-bond donors (Lipinski definition) is 1. The molecule has 0 radical (unpaired) electrons. The fraction of sp³-hybridized carbons (Fsp3) is 0.417. The van der Waals surface area contributed by atoms with Gasteiger partial charge in [-0.25, -0.2) is 9.97 Å². The van der Waals surface area contributed by atoms with Crippen molar-refractivity contribution in [3.63, 3.8) is 0 Å². The van der Waals surface area contributed by atoms with Crippen LogP contribution in [0.15, 0.2) is 36.5 Å². The van der Waals surface area contributed by atoms with Crippen LogP contribution in [0.1, 0.15) is 12.8 Å². The monoisotopic (exact) mass is 421 g/mol. The van der Waals surface area contributed by atoms with E-state index in [2.05, 4.69) is 52.4 Å². The van der Waals surface area contributed by atoms with Crippen molar-refractivity contribution in [3.05, 3.63) is 36.5 Å². The molecular weight excluding hydrogens is 390 g/mol. The number of ether oxygens (including phenoxy) is 2. The molecule has 1 N–H and O–H groups in total. The zero-order valence-electron chi connectivity index (χ0n) is 18.8. The Bertz CT molecular complexity index is 1030. The van der Waals surface area contributed by atoms with E-state index in [1.807, 2.05) is 18.3 Å². The normalized spacial score (nSPS) is 13.4. The van der Waals surface area contributed by atoms with Gasteiger partial charge in [-0.3, -0.25) is 0 Å². The third kappa shape index (κ3) is 4.66. The number of pyridine rings is 2. The Balaban J connectivity index is 1.70. The molecule has 0 amide bonds. The lowest BCUT2D eigenvalue weighted by Gasteiger charge is -2.31. The number of nitrogens with one attached hydrogen (secondary N) is 1. The number of aromatic nitrogens is 2. The third-order valence-electron chi connectivity index (χ3n) is 5.64. The number of nitrogens with zero attached hydrogens (tertiary/aromatic N) is 4. The van der Waals surface area contributed by atoms with Crippen molar-refractivity contribution in [2.75, 3.05) is 64.7 Å². The number of fused-ring (bicyclic) bond motifs is 1. The Morgan fingerprint density at radius 1 is 1.06 bits per heavy atom. The molecule has 0 spiro atoms. The van der Waals surface area contributed by atoms with E-state index in [1.54, 1.807) is 14.2 Å². The van der Waals surface area contributed by atoms with Crippen molar-refractivity contribution >= 4 is 22.4 Å². The van der Waals surface area contributed by atoms with Gasteiger partial charge in [-0.2, -0.15) is 0 Å². The fourth-order valence-corrected chi connectivity index (χ4v) is 3.74. The summed E-state index contributed by atoms with van der Waals surface area (Å²) in [4.78, 5) is 14.1. The molecule has 0 bridgehead atoms. The lowest BCUT2D eigenvalue weighted by atomic mass is 10.1. The molecule has 4 rings (SSSR count). The highest BCUT2D eigenvalue weighted by atomic mass is 16.5. The summed E-state index contributed by atoms with van der Waals surface area (Å²) in [6.07, 6.45) is 4.20. The summed E-state index contributed by atoms with van der Waals surface area (Å²) in [6.45, 7) is 4.07. The summed E-state index contributed by atoms with van der Waals surface area (Å²) in [6, 6.07) is 10.2. The van der Waals surface area contributed by atoms with Crippen LogP contribution in [0.2, 0.25) is 0 Å². The molecule has 7 heteroatoms. The van der Waals surface area contributed by atoms with Crippen molar-refractivity contribution in [2.24, 2.45) is 0 Å². The predicted octanol–water partition coefficient (Wildman–Crippen LogP) is 3.89. The van der Waals surface area contributed by atoms with Gasteiger partial charge < -0.3 is 24.6 Å². The molecule has 0 saturated carbocycles. The zero-order chi connectivity index (χ0) is 21.8. The number of methoxy groups -OCH3 is 2. The molecule has 1 aliphatic rings. The van der Waals surface area contributed by atoms with Crippen molar-refractivity contribution in [3.8, 4) is 22.8 Å². The van der Waals surface area contributed by atoms with E-state index in [0.29, 0.717) is 11.5 Å². The highest BCUT2D eigenvalue weighted by Gasteiger charge is 2.16. The minimum atomic E-state index is 0.671. The van der Waals surface area contributed by atoms with Crippen molar-refractivity contribution in [1.82, 2.24) is 14.9 Å². The SMILES string of the molecule is COc1cc2nc(-c3ccc(N4CCC4)nc3)cc(NCCCN(C)C)c2cc1OC. The smallest absolute Gasteiger partial charge is 0.162 e. The summed E-state index contributed by atoms with van der Waals surface area (Å²) in [5, 5.41) is 4.61. The quantitative estimate of drug-likeness (QED) is 0.526. The molecule has 164 valence electrons. The topological polar surface area (TPSA) is 62.8 Å². The second kappa shape index (κ2) is 9.39. The van der Waals surface area contributed by atoms with Crippen LogP contribution in [0.4, 0.5) is 11.5 Å². The van der Waals surface area contributed by atoms with Crippen LogP contribution in [-0.2, 0) is 0 Å². The van der Waals surface area contributed by atoms with Crippen LogP contribution in [0, 0.1) is 0 Å². The average Bonchev–Trinajstić information content (AvgIpc) is 2.74. The van der Waals surface area contributed by atoms with E-state index >= 15 is 0 Å². The van der Waals surface area contributed by atoms with Crippen LogP contribution < -0.4 is 19.7 Å². The van der Waals surface area contributed by atoms with Gasteiger partial charge in [-0.15, -0.1) is 0 Å². The Morgan fingerprint density at radius 2 is 1.84 bits per heavy atom. The molecule has 1 fully saturated rings. The van der Waals surface area contributed by atoms with Gasteiger partial charge in [-0.05, 0) is 57.7 Å². The third-order valence-corrected chi connectivity index (χ3v) is 5.64. The highest BCUT2D eigenvalue weighted by Crippen LogP contribution is 2.36. The van der Waals surface area contributed by atoms with E-state index in [9.17, 15) is 0 Å². The highest BCUT2D eigenvalue weighted by molar-refractivity contribution is 5.96. The molecule has 1 aromatic carbocycles. The second-order valence-electron chi connectivity index (χ2n) is 8.11. The Labute approximate surface area is 184 Å². The molecule has 0 aliphatic carbocycles. The molecule has 3 heterocycles. The zero-order valence-corrected chi connectivity index (χ0v) is 18.8. The van der Waals surface area contributed by atoms with E-state index in [-0.39, 0.29) is 0 Å². The van der Waals surface area contributed by atoms with E-state index in [1.165, 1.54) is 6.42 Å². The summed E-state index contributed by atoms with van der Waals surface area (Å²) in [5.41, 5.74) is 3.78. The molecule has 1 saturated heterocycles. The summed E-state index contributed by atoms with van der Waals surface area (Å²) >= 11 is 0. The Morgan fingerprint density at radius 3 is 2.45 bits per heavy atom. The average molecular weight is 422 g/mol. The fourth-order valence-electron chi connectivity index (χ4n) is 3.74. The molecule has 31 heavy (non-hydrogen) atoms. The van der Waals surface area contributed by atoms with Gasteiger partial charge in [0.1, 0.15) is 5.82 Å². The molecular formula is C24H31N5O2. The van der Waals surface area contributed by atoms with Crippen molar-refractivity contribution in [2.45, 2.75) is 12.8 Å². The van der Waals surface area contributed by atoms with Crippen LogP contribution in [-0.4, -0.2) is 69.4 Å². The largest absolute Gasteiger partial charge is 0.493 e. The number of hydrogen-bond acceptors (Lipinski definition) is 7. The first-order valence-electron chi connectivity index (χ1n) is 10.8. The Hall–Kier alpha value is -3.06.